The van der Waals surface area contributed by atoms with Crippen molar-refractivity contribution in [2.24, 2.45) is 0 Å². The Labute approximate surface area is 122 Å². The minimum atomic E-state index is -0.649. The van der Waals surface area contributed by atoms with Crippen LogP contribution in [0.2, 0.25) is 0 Å². The normalized spacial score (nSPS) is 10.0. The van der Waals surface area contributed by atoms with Crippen molar-refractivity contribution < 1.29 is 24.0 Å². The summed E-state index contributed by atoms with van der Waals surface area (Å²) in [6.45, 7) is 3.86. The van der Waals surface area contributed by atoms with E-state index >= 15 is 0 Å². The van der Waals surface area contributed by atoms with Crippen LogP contribution in [0.25, 0.3) is 0 Å². The number of hydrogen-bond donors (Lipinski definition) is 0. The number of nitrogens with zero attached hydrogens (tertiary/aromatic N) is 1. The molecule has 1 rings (SSSR count). The largest absolute Gasteiger partial charge is 0.487 e. The van der Waals surface area contributed by atoms with Gasteiger partial charge in [0.2, 0.25) is 0 Å². The summed E-state index contributed by atoms with van der Waals surface area (Å²) >= 11 is 0. The lowest BCUT2D eigenvalue weighted by molar-refractivity contribution is -0.386. The second kappa shape index (κ2) is 7.98. The van der Waals surface area contributed by atoms with Gasteiger partial charge in [-0.3, -0.25) is 19.7 Å². The fourth-order valence-corrected chi connectivity index (χ4v) is 1.80. The van der Waals surface area contributed by atoms with Crippen LogP contribution in [0.1, 0.15) is 35.7 Å². The number of hydrogen-bond acceptors (Lipinski definition) is 6. The zero-order valence-corrected chi connectivity index (χ0v) is 12.0. The number of nitro benzene ring substituents is 1. The first kappa shape index (κ1) is 16.6. The molecule has 0 unspecified atom stereocenters. The molecular weight excluding hydrogens is 278 g/mol. The molecule has 7 nitrogen and oxygen atoms in total. The lowest BCUT2D eigenvalue weighted by Crippen LogP contribution is -2.08. The Bertz CT molecular complexity index is 541. The van der Waals surface area contributed by atoms with Gasteiger partial charge in [0.05, 0.1) is 23.7 Å². The van der Waals surface area contributed by atoms with Gasteiger partial charge in [-0.15, -0.1) is 0 Å². The van der Waals surface area contributed by atoms with Gasteiger partial charge in [-0.25, -0.2) is 0 Å². The lowest BCUT2D eigenvalue weighted by Gasteiger charge is -2.09. The van der Waals surface area contributed by atoms with Crippen LogP contribution in [0.3, 0.4) is 0 Å². The smallest absolute Gasteiger partial charge is 0.321 e. The van der Waals surface area contributed by atoms with E-state index in [4.69, 9.17) is 9.47 Å². The van der Waals surface area contributed by atoms with Crippen molar-refractivity contribution in [3.8, 4) is 5.75 Å². The zero-order valence-electron chi connectivity index (χ0n) is 12.0. The van der Waals surface area contributed by atoms with Crippen molar-refractivity contribution in [3.05, 3.63) is 33.4 Å². The van der Waals surface area contributed by atoms with Crippen LogP contribution in [0.4, 0.5) is 5.69 Å². The van der Waals surface area contributed by atoms with E-state index in [1.807, 2.05) is 0 Å². The van der Waals surface area contributed by atoms with E-state index in [2.05, 4.69) is 0 Å². The maximum atomic E-state index is 11.2. The summed E-state index contributed by atoms with van der Waals surface area (Å²) in [5, 5.41) is 11.0. The molecule has 0 amide bonds. The molecule has 0 saturated heterocycles. The molecule has 0 aromatic heterocycles. The maximum Gasteiger partial charge on any atom is 0.321 e. The molecule has 0 radical (unpaired) electrons. The summed E-state index contributed by atoms with van der Waals surface area (Å²) in [4.78, 5) is 32.4. The van der Waals surface area contributed by atoms with Crippen LogP contribution in [0, 0.1) is 17.0 Å². The Hall–Kier alpha value is -2.44. The van der Waals surface area contributed by atoms with E-state index in [1.165, 1.54) is 12.1 Å². The van der Waals surface area contributed by atoms with Crippen molar-refractivity contribution in [2.75, 3.05) is 13.2 Å². The molecule has 0 aliphatic heterocycles. The Morgan fingerprint density at radius 1 is 1.43 bits per heavy atom. The van der Waals surface area contributed by atoms with Gasteiger partial charge in [-0.1, -0.05) is 0 Å². The van der Waals surface area contributed by atoms with Gasteiger partial charge in [0, 0.05) is 6.42 Å². The lowest BCUT2D eigenvalue weighted by atomic mass is 10.1. The molecule has 0 bridgehead atoms. The van der Waals surface area contributed by atoms with Crippen LogP contribution < -0.4 is 4.74 Å². The Balaban J connectivity index is 2.74. The first-order chi connectivity index (χ1) is 9.99. The summed E-state index contributed by atoms with van der Waals surface area (Å²) in [5.41, 5.74) is 0.301. The molecule has 0 spiro atoms. The summed E-state index contributed by atoms with van der Waals surface area (Å²) in [7, 11) is 0. The topological polar surface area (TPSA) is 95.7 Å². The number of carbonyl (C=O) groups excluding carboxylic acids is 2. The highest BCUT2D eigenvalue weighted by atomic mass is 16.6. The highest BCUT2D eigenvalue weighted by molar-refractivity contribution is 5.84. The standard InChI is InChI=1S/C14H17NO6/c1-3-20-13(17)5-4-6-21-12-8-10(2)7-11(9-16)14(12)15(18)19/h7-9H,3-6H2,1-2H3. The molecular formula is C14H17NO6. The van der Waals surface area contributed by atoms with E-state index in [0.717, 1.165) is 0 Å². The van der Waals surface area contributed by atoms with Crippen LogP contribution >= 0.6 is 0 Å². The first-order valence-electron chi connectivity index (χ1n) is 6.52. The van der Waals surface area contributed by atoms with Crippen molar-refractivity contribution in [1.82, 2.24) is 0 Å². The van der Waals surface area contributed by atoms with Gasteiger partial charge in [0.15, 0.2) is 12.0 Å². The number of rotatable bonds is 8. The van der Waals surface area contributed by atoms with Crippen LogP contribution in [0.5, 0.6) is 5.75 Å². The predicted octanol–water partition coefficient (Wildman–Crippen LogP) is 2.44. The second-order valence-corrected chi connectivity index (χ2v) is 4.33. The molecule has 1 aromatic rings. The number of esters is 1. The van der Waals surface area contributed by atoms with Gasteiger partial charge in [-0.05, 0) is 38.0 Å². The minimum absolute atomic E-state index is 0.0274. The maximum absolute atomic E-state index is 11.2. The van der Waals surface area contributed by atoms with Gasteiger partial charge < -0.3 is 9.47 Å². The summed E-state index contributed by atoms with van der Waals surface area (Å²) in [6, 6.07) is 2.92. The molecule has 0 N–H and O–H groups in total. The van der Waals surface area contributed by atoms with Gasteiger partial charge in [0.1, 0.15) is 0 Å². The predicted molar refractivity (Wildman–Crippen MR) is 74.6 cm³/mol. The van der Waals surface area contributed by atoms with E-state index in [0.29, 0.717) is 24.9 Å². The molecule has 0 saturated carbocycles. The Morgan fingerprint density at radius 2 is 2.14 bits per heavy atom. The number of benzene rings is 1. The zero-order chi connectivity index (χ0) is 15.8. The highest BCUT2D eigenvalue weighted by Gasteiger charge is 2.21. The second-order valence-electron chi connectivity index (χ2n) is 4.33. The number of carbonyl (C=O) groups is 2. The number of ether oxygens (including phenoxy) is 2. The monoisotopic (exact) mass is 295 g/mol. The van der Waals surface area contributed by atoms with Crippen LogP contribution in [-0.2, 0) is 9.53 Å². The number of nitro groups is 1. The SMILES string of the molecule is CCOC(=O)CCCOc1cc(C)cc(C=O)c1[N+](=O)[O-]. The van der Waals surface area contributed by atoms with Gasteiger partial charge >= 0.3 is 11.7 Å². The Morgan fingerprint density at radius 3 is 2.71 bits per heavy atom. The average Bonchev–Trinajstić information content (AvgIpc) is 2.42. The molecule has 0 atom stereocenters. The van der Waals surface area contributed by atoms with Crippen molar-refractivity contribution in [3.63, 3.8) is 0 Å². The molecule has 21 heavy (non-hydrogen) atoms. The summed E-state index contributed by atoms with van der Waals surface area (Å²) in [6.07, 6.45) is 0.977. The Kier molecular flexibility index (Phi) is 6.32. The third-order valence-electron chi connectivity index (χ3n) is 2.65. The van der Waals surface area contributed by atoms with Crippen LogP contribution in [-0.4, -0.2) is 30.4 Å². The van der Waals surface area contributed by atoms with Crippen molar-refractivity contribution >= 4 is 17.9 Å². The molecule has 0 fully saturated rings. The van der Waals surface area contributed by atoms with E-state index in [-0.39, 0.29) is 36.0 Å². The van der Waals surface area contributed by atoms with Crippen molar-refractivity contribution in [2.45, 2.75) is 26.7 Å². The minimum Gasteiger partial charge on any atom is -0.487 e. The van der Waals surface area contributed by atoms with Gasteiger partial charge in [-0.2, -0.15) is 0 Å². The van der Waals surface area contributed by atoms with Crippen LogP contribution in [0.15, 0.2) is 12.1 Å². The number of aldehydes is 1. The quantitative estimate of drug-likeness (QED) is 0.240. The fourth-order valence-electron chi connectivity index (χ4n) is 1.80. The molecule has 7 heteroatoms. The van der Waals surface area contributed by atoms with E-state index < -0.39 is 4.92 Å². The summed E-state index contributed by atoms with van der Waals surface area (Å²) in [5.74, 6) is -0.306. The van der Waals surface area contributed by atoms with Gasteiger partial charge in [0.25, 0.3) is 0 Å². The number of aryl methyl sites for hydroxylation is 1. The van der Waals surface area contributed by atoms with E-state index in [1.54, 1.807) is 13.8 Å². The fraction of sp³-hybridized carbons (Fsp3) is 0.429. The highest BCUT2D eigenvalue weighted by Crippen LogP contribution is 2.31. The first-order valence-corrected chi connectivity index (χ1v) is 6.52. The molecule has 0 heterocycles. The van der Waals surface area contributed by atoms with Crippen molar-refractivity contribution in [1.29, 1.82) is 0 Å². The molecule has 0 aliphatic rings. The molecule has 0 aliphatic carbocycles. The summed E-state index contributed by atoms with van der Waals surface area (Å²) < 4.78 is 10.1. The molecule has 1 aromatic carbocycles. The third-order valence-corrected chi connectivity index (χ3v) is 2.65. The average molecular weight is 295 g/mol. The van der Waals surface area contributed by atoms with E-state index in [9.17, 15) is 19.7 Å². The molecule has 114 valence electrons. The third kappa shape index (κ3) is 4.87.